The van der Waals surface area contributed by atoms with Gasteiger partial charge >= 0.3 is 29.8 Å². The van der Waals surface area contributed by atoms with Crippen molar-refractivity contribution in [2.45, 2.75) is 96.9 Å². The van der Waals surface area contributed by atoms with E-state index in [0.717, 1.165) is 39.5 Å². The summed E-state index contributed by atoms with van der Waals surface area (Å²) >= 11 is 0. The first-order valence-corrected chi connectivity index (χ1v) is 11.5. The molecule has 12 heteroatoms. The summed E-state index contributed by atoms with van der Waals surface area (Å²) < 4.78 is 37.3. The molecule has 0 spiro atoms. The number of carbonyl (C=O) groups is 5. The molecule has 1 aliphatic rings. The van der Waals surface area contributed by atoms with Gasteiger partial charge in [0.1, 0.15) is 12.7 Å². The summed E-state index contributed by atoms with van der Waals surface area (Å²) in [7, 11) is 1.35. The largest absolute Gasteiger partial charge is 0.469 e. The predicted molar refractivity (Wildman–Crippen MR) is 118 cm³/mol. The van der Waals surface area contributed by atoms with Crippen LogP contribution in [0.3, 0.4) is 0 Å². The second-order valence-corrected chi connectivity index (χ2v) is 8.03. The Bertz CT molecular complexity index is 721. The van der Waals surface area contributed by atoms with E-state index < -0.39 is 54.6 Å². The SMILES string of the molecule is COC(=O)CCCCCCCO[C@@H]1O[C@H](COC(C)=O)[C@H](OC(C)=O)[C@H](OC(C)=O)[C@@H]1OC(C)=O. The van der Waals surface area contributed by atoms with Gasteiger partial charge < -0.3 is 33.2 Å². The fraction of sp³-hybridized carbons (Fsp3) is 0.783. The van der Waals surface area contributed by atoms with Crippen LogP contribution >= 0.6 is 0 Å². The van der Waals surface area contributed by atoms with Crippen molar-refractivity contribution in [3.05, 3.63) is 0 Å². The van der Waals surface area contributed by atoms with Crippen molar-refractivity contribution in [2.24, 2.45) is 0 Å². The third-order valence-electron chi connectivity index (χ3n) is 4.98. The average Bonchev–Trinajstić information content (AvgIpc) is 2.76. The first-order chi connectivity index (χ1) is 16.5. The molecule has 1 aliphatic heterocycles. The van der Waals surface area contributed by atoms with Crippen molar-refractivity contribution in [3.8, 4) is 0 Å². The zero-order chi connectivity index (χ0) is 26.4. The molecule has 0 saturated carbocycles. The van der Waals surface area contributed by atoms with Gasteiger partial charge in [-0.3, -0.25) is 24.0 Å². The van der Waals surface area contributed by atoms with Crippen LogP contribution in [-0.4, -0.2) is 80.9 Å². The van der Waals surface area contributed by atoms with Crippen molar-refractivity contribution in [2.75, 3.05) is 20.3 Å². The molecule has 0 aromatic carbocycles. The number of methoxy groups -OCH3 is 1. The van der Waals surface area contributed by atoms with Gasteiger partial charge in [-0.25, -0.2) is 0 Å². The van der Waals surface area contributed by atoms with E-state index in [4.69, 9.17) is 28.4 Å². The van der Waals surface area contributed by atoms with Crippen LogP contribution in [0, 0.1) is 0 Å². The van der Waals surface area contributed by atoms with Crippen molar-refractivity contribution in [3.63, 3.8) is 0 Å². The third-order valence-corrected chi connectivity index (χ3v) is 4.98. The Labute approximate surface area is 204 Å². The van der Waals surface area contributed by atoms with Crippen LogP contribution in [-0.2, 0) is 57.1 Å². The molecule has 35 heavy (non-hydrogen) atoms. The molecule has 1 rings (SSSR count). The third kappa shape index (κ3) is 12.0. The molecular formula is C23H36O12. The standard InChI is InChI=1S/C23H36O12/c1-14(24)31-13-18-20(32-15(2)25)21(33-16(3)26)22(34-17(4)27)23(35-18)30-12-10-8-6-7-9-11-19(28)29-5/h18,20-23H,6-13H2,1-5H3/t18-,20+,21+,22+,23-/m1/s1. The van der Waals surface area contributed by atoms with Gasteiger partial charge in [-0.1, -0.05) is 19.3 Å². The second kappa shape index (κ2) is 16.0. The molecule has 1 heterocycles. The molecule has 0 aromatic rings. The van der Waals surface area contributed by atoms with Crippen LogP contribution in [0.15, 0.2) is 0 Å². The molecule has 1 fully saturated rings. The molecule has 0 amide bonds. The van der Waals surface area contributed by atoms with E-state index in [0.29, 0.717) is 12.8 Å². The zero-order valence-electron chi connectivity index (χ0n) is 20.9. The Kier molecular flexibility index (Phi) is 13.9. The van der Waals surface area contributed by atoms with Crippen LogP contribution in [0.25, 0.3) is 0 Å². The Hall–Kier alpha value is -2.73. The van der Waals surface area contributed by atoms with Gasteiger partial charge in [0.25, 0.3) is 0 Å². The van der Waals surface area contributed by atoms with Gasteiger partial charge in [-0.15, -0.1) is 0 Å². The summed E-state index contributed by atoms with van der Waals surface area (Å²) in [6.07, 6.45) is -1.62. The Morgan fingerprint density at radius 2 is 1.23 bits per heavy atom. The van der Waals surface area contributed by atoms with Gasteiger partial charge in [0.05, 0.1) is 7.11 Å². The lowest BCUT2D eigenvalue weighted by molar-refractivity contribution is -0.308. The zero-order valence-corrected chi connectivity index (χ0v) is 20.9. The minimum Gasteiger partial charge on any atom is -0.469 e. The number of rotatable bonds is 14. The molecule has 5 atom stereocenters. The van der Waals surface area contributed by atoms with E-state index in [1.54, 1.807) is 0 Å². The molecule has 0 N–H and O–H groups in total. The average molecular weight is 505 g/mol. The molecule has 0 aliphatic carbocycles. The Balaban J connectivity index is 2.87. The lowest BCUT2D eigenvalue weighted by Crippen LogP contribution is -2.63. The molecular weight excluding hydrogens is 468 g/mol. The van der Waals surface area contributed by atoms with Gasteiger partial charge in [-0.2, -0.15) is 0 Å². The smallest absolute Gasteiger partial charge is 0.305 e. The van der Waals surface area contributed by atoms with Crippen molar-refractivity contribution in [1.82, 2.24) is 0 Å². The fourth-order valence-electron chi connectivity index (χ4n) is 3.53. The summed E-state index contributed by atoms with van der Waals surface area (Å²) in [5, 5.41) is 0. The molecule has 0 unspecified atom stereocenters. The molecule has 0 bridgehead atoms. The van der Waals surface area contributed by atoms with Crippen LogP contribution in [0.5, 0.6) is 0 Å². The van der Waals surface area contributed by atoms with E-state index in [1.807, 2.05) is 0 Å². The minimum absolute atomic E-state index is 0.227. The van der Waals surface area contributed by atoms with Crippen LogP contribution in [0.2, 0.25) is 0 Å². The van der Waals surface area contributed by atoms with Crippen LogP contribution in [0.4, 0.5) is 0 Å². The van der Waals surface area contributed by atoms with E-state index in [-0.39, 0.29) is 19.2 Å². The topological polar surface area (TPSA) is 150 Å². The van der Waals surface area contributed by atoms with Gasteiger partial charge in [-0.05, 0) is 12.8 Å². The molecule has 200 valence electrons. The molecule has 12 nitrogen and oxygen atoms in total. The van der Waals surface area contributed by atoms with Crippen molar-refractivity contribution >= 4 is 29.8 Å². The summed E-state index contributed by atoms with van der Waals surface area (Å²) in [6.45, 7) is 4.60. The van der Waals surface area contributed by atoms with Crippen LogP contribution in [0.1, 0.15) is 66.2 Å². The first kappa shape index (κ1) is 30.3. The van der Waals surface area contributed by atoms with Gasteiger partial charge in [0.2, 0.25) is 0 Å². The Morgan fingerprint density at radius 1 is 0.686 bits per heavy atom. The number of esters is 5. The number of carbonyl (C=O) groups excluding carboxylic acids is 5. The summed E-state index contributed by atoms with van der Waals surface area (Å²) in [5.41, 5.74) is 0. The number of ether oxygens (including phenoxy) is 7. The lowest BCUT2D eigenvalue weighted by atomic mass is 9.98. The maximum atomic E-state index is 11.8. The predicted octanol–water partition coefficient (Wildman–Crippen LogP) is 1.60. The van der Waals surface area contributed by atoms with Crippen molar-refractivity contribution < 1.29 is 57.1 Å². The Morgan fingerprint density at radius 3 is 1.80 bits per heavy atom. The maximum absolute atomic E-state index is 11.8. The molecule has 1 saturated heterocycles. The minimum atomic E-state index is -1.25. The van der Waals surface area contributed by atoms with Gasteiger partial charge in [0, 0.05) is 40.7 Å². The number of hydrogen-bond acceptors (Lipinski definition) is 12. The quantitative estimate of drug-likeness (QED) is 0.192. The summed E-state index contributed by atoms with van der Waals surface area (Å²) in [6, 6.07) is 0. The van der Waals surface area contributed by atoms with Crippen molar-refractivity contribution in [1.29, 1.82) is 0 Å². The normalized spacial score (nSPS) is 23.6. The highest BCUT2D eigenvalue weighted by Gasteiger charge is 2.52. The van der Waals surface area contributed by atoms with E-state index >= 15 is 0 Å². The molecule has 0 aromatic heterocycles. The van der Waals surface area contributed by atoms with Gasteiger partial charge in [0.15, 0.2) is 24.6 Å². The monoisotopic (exact) mass is 504 g/mol. The first-order valence-electron chi connectivity index (χ1n) is 11.5. The number of unbranched alkanes of at least 4 members (excludes halogenated alkanes) is 4. The number of hydrogen-bond donors (Lipinski definition) is 0. The summed E-state index contributed by atoms with van der Waals surface area (Å²) in [4.78, 5) is 57.8. The van der Waals surface area contributed by atoms with E-state index in [1.165, 1.54) is 21.0 Å². The fourth-order valence-corrected chi connectivity index (χ4v) is 3.53. The highest BCUT2D eigenvalue weighted by atomic mass is 16.7. The maximum Gasteiger partial charge on any atom is 0.305 e. The van der Waals surface area contributed by atoms with E-state index in [2.05, 4.69) is 4.74 Å². The molecule has 0 radical (unpaired) electrons. The van der Waals surface area contributed by atoms with Crippen LogP contribution < -0.4 is 0 Å². The highest BCUT2D eigenvalue weighted by Crippen LogP contribution is 2.30. The summed E-state index contributed by atoms with van der Waals surface area (Å²) in [5.74, 6) is -2.92. The highest BCUT2D eigenvalue weighted by molar-refractivity contribution is 5.69. The van der Waals surface area contributed by atoms with E-state index in [9.17, 15) is 24.0 Å². The second-order valence-electron chi connectivity index (χ2n) is 8.03. The lowest BCUT2D eigenvalue weighted by Gasteiger charge is -2.44.